The van der Waals surface area contributed by atoms with Gasteiger partial charge in [-0.05, 0) is 17.9 Å². The van der Waals surface area contributed by atoms with Gasteiger partial charge in [0, 0.05) is 24.3 Å². The Hall–Kier alpha value is -2.55. The van der Waals surface area contributed by atoms with Crippen LogP contribution in [0.2, 0.25) is 0 Å². The van der Waals surface area contributed by atoms with Crippen LogP contribution in [0.3, 0.4) is 0 Å². The van der Waals surface area contributed by atoms with Crippen molar-refractivity contribution in [1.29, 1.82) is 0 Å². The SMILES string of the molecule is C#CCOC1CCN(C(=O)CSCC(=O)O)C(C(=O)NC(Cc2cccs2)C(N)=O)C1. The summed E-state index contributed by atoms with van der Waals surface area (Å²) >= 11 is 2.40. The molecule has 2 rings (SSSR count). The summed E-state index contributed by atoms with van der Waals surface area (Å²) in [6, 6.07) is 1.88. The van der Waals surface area contributed by atoms with Gasteiger partial charge in [-0.3, -0.25) is 19.2 Å². The molecule has 11 heteroatoms. The first kappa shape index (κ1) is 24.7. The highest BCUT2D eigenvalue weighted by Gasteiger charge is 2.37. The minimum Gasteiger partial charge on any atom is -0.481 e. The van der Waals surface area contributed by atoms with E-state index in [1.54, 1.807) is 0 Å². The van der Waals surface area contributed by atoms with Crippen molar-refractivity contribution in [2.24, 2.45) is 5.73 Å². The average Bonchev–Trinajstić information content (AvgIpc) is 3.24. The Morgan fingerprint density at radius 3 is 2.81 bits per heavy atom. The Labute approximate surface area is 188 Å². The summed E-state index contributed by atoms with van der Waals surface area (Å²) in [5.74, 6) is -0.456. The van der Waals surface area contributed by atoms with Gasteiger partial charge in [0.25, 0.3) is 0 Å². The molecule has 3 amide bonds. The van der Waals surface area contributed by atoms with E-state index in [4.69, 9.17) is 22.0 Å². The van der Waals surface area contributed by atoms with E-state index < -0.39 is 29.9 Å². The number of thiophene rings is 1. The van der Waals surface area contributed by atoms with E-state index in [1.165, 1.54) is 16.2 Å². The smallest absolute Gasteiger partial charge is 0.313 e. The number of carboxylic acid groups (broad SMARTS) is 1. The van der Waals surface area contributed by atoms with Crippen LogP contribution in [0.15, 0.2) is 17.5 Å². The van der Waals surface area contributed by atoms with Gasteiger partial charge in [0.05, 0.1) is 17.6 Å². The van der Waals surface area contributed by atoms with Gasteiger partial charge in [0.1, 0.15) is 18.7 Å². The molecule has 3 atom stereocenters. The number of rotatable bonds is 11. The number of carbonyl (C=O) groups excluding carboxylic acids is 3. The van der Waals surface area contributed by atoms with Crippen LogP contribution < -0.4 is 11.1 Å². The number of aliphatic carboxylic acids is 1. The Balaban J connectivity index is 2.10. The molecule has 31 heavy (non-hydrogen) atoms. The van der Waals surface area contributed by atoms with E-state index in [-0.39, 0.29) is 49.5 Å². The van der Waals surface area contributed by atoms with Crippen molar-refractivity contribution in [2.45, 2.75) is 37.5 Å². The molecule has 1 aliphatic rings. The Bertz CT molecular complexity index is 823. The van der Waals surface area contributed by atoms with E-state index >= 15 is 0 Å². The van der Waals surface area contributed by atoms with E-state index in [1.807, 2.05) is 17.5 Å². The summed E-state index contributed by atoms with van der Waals surface area (Å²) < 4.78 is 5.56. The minimum atomic E-state index is -1.02. The zero-order chi connectivity index (χ0) is 22.8. The molecule has 1 saturated heterocycles. The number of piperidine rings is 1. The molecule has 2 heterocycles. The van der Waals surface area contributed by atoms with E-state index in [9.17, 15) is 19.2 Å². The van der Waals surface area contributed by atoms with Gasteiger partial charge in [0.15, 0.2) is 0 Å². The number of carbonyl (C=O) groups is 4. The Kier molecular flexibility index (Phi) is 9.84. The molecular formula is C20H25N3O6S2. The zero-order valence-corrected chi connectivity index (χ0v) is 18.5. The lowest BCUT2D eigenvalue weighted by Gasteiger charge is -2.38. The van der Waals surface area contributed by atoms with Crippen molar-refractivity contribution >= 4 is 46.8 Å². The van der Waals surface area contributed by atoms with Crippen LogP contribution in [0, 0.1) is 12.3 Å². The second-order valence-corrected chi connectivity index (χ2v) is 8.92. The molecule has 0 aliphatic carbocycles. The van der Waals surface area contributed by atoms with Crippen LogP contribution in [0.1, 0.15) is 17.7 Å². The van der Waals surface area contributed by atoms with Crippen LogP contribution in [0.4, 0.5) is 0 Å². The molecule has 168 valence electrons. The summed E-state index contributed by atoms with van der Waals surface area (Å²) in [6.45, 7) is 0.343. The Morgan fingerprint density at radius 2 is 2.19 bits per heavy atom. The summed E-state index contributed by atoms with van der Waals surface area (Å²) in [4.78, 5) is 50.6. The van der Waals surface area contributed by atoms with Crippen LogP contribution in [0.5, 0.6) is 0 Å². The number of nitrogens with zero attached hydrogens (tertiary/aromatic N) is 1. The quantitative estimate of drug-likeness (QED) is 0.392. The van der Waals surface area contributed by atoms with Gasteiger partial charge >= 0.3 is 5.97 Å². The largest absolute Gasteiger partial charge is 0.481 e. The first-order valence-corrected chi connectivity index (χ1v) is 11.6. The van der Waals surface area contributed by atoms with Crippen molar-refractivity contribution in [3.8, 4) is 12.3 Å². The summed E-state index contributed by atoms with van der Waals surface area (Å²) in [7, 11) is 0. The standard InChI is InChI=1S/C20H25N3O6S2/c1-2-7-29-13-5-6-23(17(24)11-30-12-18(25)26)16(9-13)20(28)22-15(19(21)27)10-14-4-3-8-31-14/h1,3-4,8,13,15-16H,5-7,9-12H2,(H2,21,27)(H,22,28)(H,25,26). The lowest BCUT2D eigenvalue weighted by atomic mass is 9.97. The summed E-state index contributed by atoms with van der Waals surface area (Å²) in [5.41, 5.74) is 5.48. The first-order valence-electron chi connectivity index (χ1n) is 9.58. The number of carboxylic acids is 1. The van der Waals surface area contributed by atoms with Gasteiger partial charge < -0.3 is 25.8 Å². The molecule has 1 aromatic rings. The number of thioether (sulfide) groups is 1. The van der Waals surface area contributed by atoms with E-state index in [0.717, 1.165) is 16.6 Å². The highest BCUT2D eigenvalue weighted by atomic mass is 32.2. The lowest BCUT2D eigenvalue weighted by Crippen LogP contribution is -2.58. The van der Waals surface area contributed by atoms with Crippen molar-refractivity contribution in [3.05, 3.63) is 22.4 Å². The van der Waals surface area contributed by atoms with Gasteiger partial charge in [0.2, 0.25) is 17.7 Å². The van der Waals surface area contributed by atoms with Crippen LogP contribution in [-0.2, 0) is 30.3 Å². The van der Waals surface area contributed by atoms with Crippen LogP contribution in [-0.4, -0.2) is 76.5 Å². The molecule has 0 aromatic carbocycles. The third-order valence-corrected chi connectivity index (χ3v) is 6.48. The molecule has 4 N–H and O–H groups in total. The third-order valence-electron chi connectivity index (χ3n) is 4.68. The highest BCUT2D eigenvalue weighted by molar-refractivity contribution is 8.00. The van der Waals surface area contributed by atoms with E-state index in [0.29, 0.717) is 6.42 Å². The topological polar surface area (TPSA) is 139 Å². The fraction of sp³-hybridized carbons (Fsp3) is 0.500. The van der Waals surface area contributed by atoms with Gasteiger partial charge in [-0.25, -0.2) is 0 Å². The number of nitrogens with two attached hydrogens (primary N) is 1. The average molecular weight is 468 g/mol. The maximum atomic E-state index is 13.1. The molecule has 0 bridgehead atoms. The van der Waals surface area contributed by atoms with Gasteiger partial charge in [-0.2, -0.15) is 0 Å². The number of hydrogen-bond acceptors (Lipinski definition) is 7. The molecular weight excluding hydrogens is 442 g/mol. The van der Waals surface area contributed by atoms with E-state index in [2.05, 4.69) is 11.2 Å². The number of amides is 3. The molecule has 1 aromatic heterocycles. The third kappa shape index (κ3) is 7.90. The highest BCUT2D eigenvalue weighted by Crippen LogP contribution is 2.22. The number of nitrogens with one attached hydrogen (secondary N) is 1. The molecule has 9 nitrogen and oxygen atoms in total. The number of terminal acetylenes is 1. The monoisotopic (exact) mass is 467 g/mol. The van der Waals surface area contributed by atoms with Crippen molar-refractivity contribution in [2.75, 3.05) is 24.7 Å². The molecule has 0 radical (unpaired) electrons. The maximum Gasteiger partial charge on any atom is 0.313 e. The van der Waals surface area contributed by atoms with Crippen molar-refractivity contribution in [1.82, 2.24) is 10.2 Å². The maximum absolute atomic E-state index is 13.1. The number of primary amides is 1. The predicted octanol–water partition coefficient (Wildman–Crippen LogP) is 0.0879. The Morgan fingerprint density at radius 1 is 1.42 bits per heavy atom. The molecule has 0 saturated carbocycles. The van der Waals surface area contributed by atoms with Crippen LogP contribution >= 0.6 is 23.1 Å². The fourth-order valence-corrected chi connectivity index (χ4v) is 4.60. The first-order chi connectivity index (χ1) is 14.8. The molecule has 3 unspecified atom stereocenters. The normalized spacial score (nSPS) is 19.3. The minimum absolute atomic E-state index is 0.0690. The lowest BCUT2D eigenvalue weighted by molar-refractivity contribution is -0.144. The molecule has 1 fully saturated rings. The second kappa shape index (κ2) is 12.3. The van der Waals surface area contributed by atoms with Crippen molar-refractivity contribution < 1.29 is 29.0 Å². The molecule has 0 spiro atoms. The fourth-order valence-electron chi connectivity index (χ4n) is 3.23. The van der Waals surface area contributed by atoms with Crippen molar-refractivity contribution in [3.63, 3.8) is 0 Å². The summed E-state index contributed by atoms with van der Waals surface area (Å²) in [5, 5.41) is 13.3. The van der Waals surface area contributed by atoms with Crippen LogP contribution in [0.25, 0.3) is 0 Å². The number of likely N-dealkylation sites (tertiary alicyclic amines) is 1. The number of ether oxygens (including phenoxy) is 1. The summed E-state index contributed by atoms with van der Waals surface area (Å²) in [6.07, 6.45) is 5.89. The molecule has 1 aliphatic heterocycles. The second-order valence-electron chi connectivity index (χ2n) is 6.90. The van der Waals surface area contributed by atoms with Gasteiger partial charge in [-0.15, -0.1) is 29.5 Å². The zero-order valence-electron chi connectivity index (χ0n) is 16.8. The number of hydrogen-bond donors (Lipinski definition) is 3. The van der Waals surface area contributed by atoms with Gasteiger partial charge in [-0.1, -0.05) is 12.0 Å². The predicted molar refractivity (Wildman–Crippen MR) is 117 cm³/mol.